The number of carbonyl (C=O) groups excluding carboxylic acids is 1. The van der Waals surface area contributed by atoms with E-state index in [0.29, 0.717) is 0 Å². The summed E-state index contributed by atoms with van der Waals surface area (Å²) in [4.78, 5) is 10.9. The Hall–Kier alpha value is 0.716. The predicted octanol–water partition coefficient (Wildman–Crippen LogP) is 0.894. The second kappa shape index (κ2) is 5.38. The number of amides is 1. The summed E-state index contributed by atoms with van der Waals surface area (Å²) in [5.74, 6) is 0.146. The van der Waals surface area contributed by atoms with Crippen molar-refractivity contribution < 1.29 is 7.65 Å². The predicted molar refractivity (Wildman–Crippen MR) is 47.6 cm³/mol. The molecule has 0 saturated carbocycles. The van der Waals surface area contributed by atoms with Crippen molar-refractivity contribution in [3.63, 3.8) is 0 Å². The molecule has 1 heterocycles. The van der Waals surface area contributed by atoms with Crippen LogP contribution in [0.15, 0.2) is 0 Å². The van der Waals surface area contributed by atoms with E-state index in [2.05, 4.69) is 21.2 Å². The number of rotatable bonds is 0. The van der Waals surface area contributed by atoms with Gasteiger partial charge in [-0.15, -0.1) is 0 Å². The van der Waals surface area contributed by atoms with Crippen LogP contribution in [0.2, 0.25) is 0 Å². The van der Waals surface area contributed by atoms with E-state index in [0.717, 1.165) is 25.8 Å². The van der Waals surface area contributed by atoms with Gasteiger partial charge in [0.2, 0.25) is 5.91 Å². The average Bonchev–Trinajstić information content (AvgIpc) is 1.99. The molecule has 0 spiro atoms. The number of halogens is 1. The van der Waals surface area contributed by atoms with Crippen molar-refractivity contribution in [2.75, 3.05) is 6.54 Å². The van der Waals surface area contributed by atoms with Gasteiger partial charge in [-0.2, -0.15) is 0 Å². The first-order valence-corrected chi connectivity index (χ1v) is 4.14. The number of alkyl halides is 1. The fraction of sp³-hybridized carbons (Fsp3) is 0.833. The van der Waals surface area contributed by atoms with Gasteiger partial charge in [-0.25, -0.2) is 0 Å². The maximum absolute atomic E-state index is 10.9. The molecule has 2 nitrogen and oxygen atoms in total. The molecule has 0 aromatic carbocycles. The van der Waals surface area contributed by atoms with Gasteiger partial charge < -0.3 is 8.17 Å². The van der Waals surface area contributed by atoms with E-state index >= 15 is 0 Å². The van der Waals surface area contributed by atoms with Crippen LogP contribution in [-0.2, 0) is 4.79 Å². The van der Waals surface area contributed by atoms with Gasteiger partial charge in [-0.3, -0.25) is 4.79 Å². The molecule has 0 aliphatic carbocycles. The number of hydrogen-bond acceptors (Lipinski definition) is 1. The summed E-state index contributed by atoms with van der Waals surface area (Å²) >= 11 is 3.29. The first-order chi connectivity index (χ1) is 4.30. The van der Waals surface area contributed by atoms with Crippen LogP contribution in [0.4, 0.5) is 0 Å². The molecule has 1 unspecified atom stereocenters. The summed E-state index contributed by atoms with van der Waals surface area (Å²) in [6.45, 7) is 0.848. The van der Waals surface area contributed by atoms with Gasteiger partial charge in [-0.05, 0) is 12.8 Å². The summed E-state index contributed by atoms with van der Waals surface area (Å²) in [6.07, 6.45) is 3.24. The fourth-order valence-corrected chi connectivity index (χ4v) is 1.39. The van der Waals surface area contributed by atoms with Gasteiger partial charge in [-0.1, -0.05) is 22.4 Å². The van der Waals surface area contributed by atoms with Crippen LogP contribution in [0.25, 0.3) is 0 Å². The van der Waals surface area contributed by atoms with Crippen molar-refractivity contribution in [1.29, 1.82) is 0 Å². The minimum Gasteiger partial charge on any atom is -1.00 e. The Labute approximate surface area is 88.4 Å². The van der Waals surface area contributed by atoms with Crippen LogP contribution in [0.1, 0.15) is 22.1 Å². The van der Waals surface area contributed by atoms with Gasteiger partial charge in [0.15, 0.2) is 0 Å². The fourth-order valence-electron chi connectivity index (χ4n) is 0.902. The van der Waals surface area contributed by atoms with Crippen molar-refractivity contribution in [3.05, 3.63) is 0 Å². The molecule has 1 atom stereocenters. The zero-order chi connectivity index (χ0) is 6.69. The van der Waals surface area contributed by atoms with Crippen LogP contribution >= 0.6 is 15.9 Å². The molecule has 1 fully saturated rings. The normalized spacial score (nSPS) is 26.1. The molecule has 1 aliphatic rings. The Bertz CT molecular complexity index is 128. The quantitative estimate of drug-likeness (QED) is 0.475. The van der Waals surface area contributed by atoms with Crippen molar-refractivity contribution in [2.45, 2.75) is 24.1 Å². The number of hydrogen-bond donors (Lipinski definition) is 1. The van der Waals surface area contributed by atoms with Crippen molar-refractivity contribution in [2.24, 2.45) is 0 Å². The van der Waals surface area contributed by atoms with E-state index in [1.54, 1.807) is 0 Å². The molecule has 1 aliphatic heterocycles. The monoisotopic (exact) mass is 217 g/mol. The Balaban J connectivity index is -0.000000270. The SMILES string of the molecule is O=C1NCCCCC1Br.[H-].[H-].[Mg+2]. The minimum atomic E-state index is 0. The van der Waals surface area contributed by atoms with E-state index in [1.165, 1.54) is 0 Å². The summed E-state index contributed by atoms with van der Waals surface area (Å²) in [7, 11) is 0. The first-order valence-electron chi connectivity index (χ1n) is 3.22. The van der Waals surface area contributed by atoms with E-state index in [-0.39, 0.29) is 36.6 Å². The van der Waals surface area contributed by atoms with Crippen LogP contribution < -0.4 is 5.32 Å². The van der Waals surface area contributed by atoms with Crippen LogP contribution in [0.3, 0.4) is 0 Å². The molecular weight excluding hydrogens is 206 g/mol. The largest absolute Gasteiger partial charge is 2.00 e. The minimum absolute atomic E-state index is 0. The third-order valence-electron chi connectivity index (χ3n) is 1.47. The van der Waals surface area contributed by atoms with E-state index in [9.17, 15) is 4.79 Å². The first kappa shape index (κ1) is 10.7. The smallest absolute Gasteiger partial charge is 1.00 e. The van der Waals surface area contributed by atoms with Crippen LogP contribution in [0.5, 0.6) is 0 Å². The Kier molecular flexibility index (Phi) is 5.76. The third-order valence-corrected chi connectivity index (χ3v) is 2.34. The molecule has 1 amide bonds. The maximum atomic E-state index is 10.9. The topological polar surface area (TPSA) is 29.1 Å². The van der Waals surface area contributed by atoms with E-state index in [1.807, 2.05) is 0 Å². The zero-order valence-electron chi connectivity index (χ0n) is 7.90. The standard InChI is InChI=1S/C6H10BrNO.Mg.2H/c7-5-3-1-2-4-8-6(5)9;;;/h5H,1-4H2,(H,8,9);;;/q;+2;2*-1. The summed E-state index contributed by atoms with van der Waals surface area (Å²) < 4.78 is 0. The molecule has 4 heteroatoms. The third kappa shape index (κ3) is 3.21. The van der Waals surface area contributed by atoms with Crippen molar-refractivity contribution in [1.82, 2.24) is 5.32 Å². The molecule has 0 aromatic heterocycles. The average molecular weight is 218 g/mol. The number of nitrogens with one attached hydrogen (secondary N) is 1. The maximum Gasteiger partial charge on any atom is 2.00 e. The van der Waals surface area contributed by atoms with Crippen molar-refractivity contribution in [3.8, 4) is 0 Å². The van der Waals surface area contributed by atoms with Gasteiger partial charge in [0.25, 0.3) is 0 Å². The summed E-state index contributed by atoms with van der Waals surface area (Å²) in [6, 6.07) is 0. The van der Waals surface area contributed by atoms with Crippen molar-refractivity contribution >= 4 is 44.9 Å². The molecule has 1 N–H and O–H groups in total. The second-order valence-corrected chi connectivity index (χ2v) is 3.36. The Morgan fingerprint density at radius 3 is 3.00 bits per heavy atom. The summed E-state index contributed by atoms with van der Waals surface area (Å²) in [5.41, 5.74) is 0. The Morgan fingerprint density at radius 2 is 2.30 bits per heavy atom. The van der Waals surface area contributed by atoms with Crippen LogP contribution in [0, 0.1) is 0 Å². The van der Waals surface area contributed by atoms with Gasteiger partial charge in [0, 0.05) is 6.54 Å². The molecular formula is C6H12BrMgNO. The molecule has 0 bridgehead atoms. The molecule has 1 saturated heterocycles. The van der Waals surface area contributed by atoms with Gasteiger partial charge in [0.1, 0.15) is 0 Å². The second-order valence-electron chi connectivity index (χ2n) is 2.25. The molecule has 10 heavy (non-hydrogen) atoms. The van der Waals surface area contributed by atoms with Gasteiger partial charge >= 0.3 is 23.1 Å². The molecule has 56 valence electrons. The number of carbonyl (C=O) groups is 1. The molecule has 0 aromatic rings. The van der Waals surface area contributed by atoms with E-state index in [4.69, 9.17) is 0 Å². The zero-order valence-corrected chi connectivity index (χ0v) is 8.90. The Morgan fingerprint density at radius 1 is 1.60 bits per heavy atom. The molecule has 1 rings (SSSR count). The molecule has 0 radical (unpaired) electrons. The summed E-state index contributed by atoms with van der Waals surface area (Å²) in [5, 5.41) is 2.81. The van der Waals surface area contributed by atoms with Gasteiger partial charge in [0.05, 0.1) is 4.83 Å². The van der Waals surface area contributed by atoms with E-state index < -0.39 is 0 Å². The van der Waals surface area contributed by atoms with Crippen LogP contribution in [-0.4, -0.2) is 40.3 Å².